The van der Waals surface area contributed by atoms with Gasteiger partial charge in [-0.2, -0.15) is 0 Å². The Hall–Kier alpha value is -3.81. The Balaban J connectivity index is 2.09. The minimum atomic E-state index is -1.02. The van der Waals surface area contributed by atoms with Crippen LogP contribution in [-0.2, 0) is 19.1 Å². The molecule has 2 aromatic rings. The van der Waals surface area contributed by atoms with Crippen molar-refractivity contribution in [1.29, 1.82) is 0 Å². The van der Waals surface area contributed by atoms with Gasteiger partial charge in [0.15, 0.2) is 0 Å². The predicted octanol–water partition coefficient (Wildman–Crippen LogP) is 2.82. The van der Waals surface area contributed by atoms with Crippen LogP contribution in [0.15, 0.2) is 60.3 Å². The quantitative estimate of drug-likeness (QED) is 0.565. The third-order valence-electron chi connectivity index (χ3n) is 3.34. The van der Waals surface area contributed by atoms with Crippen molar-refractivity contribution < 1.29 is 33.7 Å². The van der Waals surface area contributed by atoms with E-state index in [1.165, 1.54) is 26.4 Å². The van der Waals surface area contributed by atoms with Crippen molar-refractivity contribution in [2.45, 2.75) is 0 Å². The van der Waals surface area contributed by atoms with Crippen LogP contribution >= 0.6 is 0 Å². The zero-order chi connectivity index (χ0) is 19.8. The number of aromatic carboxylic acids is 1. The molecule has 0 aliphatic carbocycles. The van der Waals surface area contributed by atoms with Crippen LogP contribution in [0.4, 0.5) is 5.69 Å². The zero-order valence-electron chi connectivity index (χ0n) is 14.6. The summed E-state index contributed by atoms with van der Waals surface area (Å²) in [5.41, 5.74) is 0.598. The summed E-state index contributed by atoms with van der Waals surface area (Å²) in [6, 6.07) is 12.5. The summed E-state index contributed by atoms with van der Waals surface area (Å²) in [5, 5.41) is 11.7. The smallest absolute Gasteiger partial charge is 0.354 e. The Morgan fingerprint density at radius 2 is 1.44 bits per heavy atom. The Kier molecular flexibility index (Phi) is 6.54. The number of methoxy groups -OCH3 is 2. The van der Waals surface area contributed by atoms with Gasteiger partial charge in [-0.1, -0.05) is 0 Å². The van der Waals surface area contributed by atoms with E-state index in [-0.39, 0.29) is 11.3 Å². The molecule has 0 fully saturated rings. The molecule has 8 heteroatoms. The van der Waals surface area contributed by atoms with Crippen molar-refractivity contribution in [3.05, 3.63) is 65.9 Å². The number of anilines is 1. The van der Waals surface area contributed by atoms with Crippen LogP contribution in [0, 0.1) is 0 Å². The SMILES string of the molecule is COC(=O)/C=C(/Nc1ccc(Oc2ccc(C(=O)O)cc2)cc1)C(=O)OC. The molecule has 0 saturated carbocycles. The van der Waals surface area contributed by atoms with Crippen LogP contribution in [0.1, 0.15) is 10.4 Å². The average molecular weight is 371 g/mol. The number of esters is 2. The maximum atomic E-state index is 11.7. The number of hydrogen-bond acceptors (Lipinski definition) is 7. The van der Waals surface area contributed by atoms with E-state index in [1.54, 1.807) is 36.4 Å². The van der Waals surface area contributed by atoms with Crippen LogP contribution < -0.4 is 10.1 Å². The highest BCUT2D eigenvalue weighted by Crippen LogP contribution is 2.24. The molecule has 2 aromatic carbocycles. The molecule has 0 aliphatic heterocycles. The monoisotopic (exact) mass is 371 g/mol. The molecule has 2 rings (SSSR count). The molecule has 8 nitrogen and oxygen atoms in total. The lowest BCUT2D eigenvalue weighted by Crippen LogP contribution is -2.15. The second-order valence-electron chi connectivity index (χ2n) is 5.15. The second-order valence-corrected chi connectivity index (χ2v) is 5.15. The number of nitrogens with one attached hydrogen (secondary N) is 1. The van der Waals surface area contributed by atoms with Crippen LogP contribution in [0.3, 0.4) is 0 Å². The fourth-order valence-corrected chi connectivity index (χ4v) is 2.00. The van der Waals surface area contributed by atoms with Gasteiger partial charge in [-0.15, -0.1) is 0 Å². The Morgan fingerprint density at radius 1 is 0.889 bits per heavy atom. The van der Waals surface area contributed by atoms with Gasteiger partial charge >= 0.3 is 17.9 Å². The van der Waals surface area contributed by atoms with E-state index in [0.29, 0.717) is 17.2 Å². The van der Waals surface area contributed by atoms with E-state index in [4.69, 9.17) is 9.84 Å². The van der Waals surface area contributed by atoms with Gasteiger partial charge in [-0.25, -0.2) is 14.4 Å². The molecule has 0 aromatic heterocycles. The molecular weight excluding hydrogens is 354 g/mol. The Labute approximate surface area is 155 Å². The van der Waals surface area contributed by atoms with Crippen molar-refractivity contribution >= 4 is 23.6 Å². The van der Waals surface area contributed by atoms with Gasteiger partial charge < -0.3 is 24.6 Å². The van der Waals surface area contributed by atoms with Crippen LogP contribution in [0.5, 0.6) is 11.5 Å². The summed E-state index contributed by atoms with van der Waals surface area (Å²) in [6.45, 7) is 0. The minimum Gasteiger partial charge on any atom is -0.478 e. The lowest BCUT2D eigenvalue weighted by Gasteiger charge is -2.10. The van der Waals surface area contributed by atoms with Gasteiger partial charge in [0.05, 0.1) is 25.9 Å². The van der Waals surface area contributed by atoms with E-state index in [1.807, 2.05) is 0 Å². The van der Waals surface area contributed by atoms with Crippen molar-refractivity contribution in [3.8, 4) is 11.5 Å². The third-order valence-corrected chi connectivity index (χ3v) is 3.34. The lowest BCUT2D eigenvalue weighted by atomic mass is 10.2. The van der Waals surface area contributed by atoms with Crippen molar-refractivity contribution in [3.63, 3.8) is 0 Å². The molecule has 140 valence electrons. The van der Waals surface area contributed by atoms with E-state index in [2.05, 4.69) is 14.8 Å². The zero-order valence-corrected chi connectivity index (χ0v) is 14.6. The molecule has 0 unspecified atom stereocenters. The molecule has 0 amide bonds. The number of hydrogen-bond donors (Lipinski definition) is 2. The lowest BCUT2D eigenvalue weighted by molar-refractivity contribution is -0.138. The summed E-state index contributed by atoms with van der Waals surface area (Å²) in [6.07, 6.45) is 0.986. The minimum absolute atomic E-state index is 0.0812. The largest absolute Gasteiger partial charge is 0.478 e. The van der Waals surface area contributed by atoms with Crippen LogP contribution in [0.25, 0.3) is 0 Å². The number of ether oxygens (including phenoxy) is 3. The molecule has 27 heavy (non-hydrogen) atoms. The standard InChI is InChI=1S/C19H17NO7/c1-25-17(21)11-16(19(24)26-2)20-13-5-9-15(10-6-13)27-14-7-3-12(4-8-14)18(22)23/h3-11,20H,1-2H3,(H,22,23)/b16-11+. The molecule has 0 bridgehead atoms. The van der Waals surface area contributed by atoms with Gasteiger partial charge in [-0.05, 0) is 48.5 Å². The van der Waals surface area contributed by atoms with Gasteiger partial charge in [0.1, 0.15) is 17.2 Å². The highest BCUT2D eigenvalue weighted by Gasteiger charge is 2.13. The fraction of sp³-hybridized carbons (Fsp3) is 0.105. The highest BCUT2D eigenvalue weighted by atomic mass is 16.5. The summed E-state index contributed by atoms with van der Waals surface area (Å²) in [5.74, 6) is -1.47. The van der Waals surface area contributed by atoms with Gasteiger partial charge in [0.25, 0.3) is 0 Å². The van der Waals surface area contributed by atoms with Gasteiger partial charge in [0.2, 0.25) is 0 Å². The molecule has 2 N–H and O–H groups in total. The molecule has 0 aliphatic rings. The molecule has 0 radical (unpaired) electrons. The number of benzene rings is 2. The Morgan fingerprint density at radius 3 is 1.93 bits per heavy atom. The first-order valence-corrected chi connectivity index (χ1v) is 7.69. The highest BCUT2D eigenvalue weighted by molar-refractivity contribution is 5.98. The summed E-state index contributed by atoms with van der Waals surface area (Å²) < 4.78 is 14.7. The average Bonchev–Trinajstić information content (AvgIpc) is 2.68. The third kappa shape index (κ3) is 5.60. The number of carbonyl (C=O) groups excluding carboxylic acids is 2. The molecule has 0 spiro atoms. The summed E-state index contributed by atoms with van der Waals surface area (Å²) >= 11 is 0. The number of carboxylic acid groups (broad SMARTS) is 1. The maximum Gasteiger partial charge on any atom is 0.354 e. The second kappa shape index (κ2) is 9.04. The van der Waals surface area contributed by atoms with Crippen LogP contribution in [-0.4, -0.2) is 37.2 Å². The molecule has 0 saturated heterocycles. The van der Waals surface area contributed by atoms with Gasteiger partial charge in [0, 0.05) is 5.69 Å². The number of carbonyl (C=O) groups is 3. The van der Waals surface area contributed by atoms with E-state index in [9.17, 15) is 14.4 Å². The first-order chi connectivity index (χ1) is 12.9. The topological polar surface area (TPSA) is 111 Å². The first-order valence-electron chi connectivity index (χ1n) is 7.69. The normalized spacial score (nSPS) is 10.7. The first kappa shape index (κ1) is 19.5. The fourth-order valence-electron chi connectivity index (χ4n) is 2.00. The van der Waals surface area contributed by atoms with E-state index in [0.717, 1.165) is 6.08 Å². The van der Waals surface area contributed by atoms with Crippen molar-refractivity contribution in [2.75, 3.05) is 19.5 Å². The number of carboxylic acids is 1. The van der Waals surface area contributed by atoms with Crippen molar-refractivity contribution in [1.82, 2.24) is 0 Å². The maximum absolute atomic E-state index is 11.7. The summed E-state index contributed by atoms with van der Waals surface area (Å²) in [4.78, 5) is 33.9. The Bertz CT molecular complexity index is 855. The van der Waals surface area contributed by atoms with Gasteiger partial charge in [-0.3, -0.25) is 0 Å². The van der Waals surface area contributed by atoms with E-state index >= 15 is 0 Å². The molecule has 0 heterocycles. The molecule has 0 atom stereocenters. The van der Waals surface area contributed by atoms with Crippen LogP contribution in [0.2, 0.25) is 0 Å². The predicted molar refractivity (Wildman–Crippen MR) is 95.7 cm³/mol. The summed E-state index contributed by atoms with van der Waals surface area (Å²) in [7, 11) is 2.39. The number of rotatable bonds is 7. The van der Waals surface area contributed by atoms with Crippen molar-refractivity contribution in [2.24, 2.45) is 0 Å². The molecular formula is C19H17NO7. The van der Waals surface area contributed by atoms with E-state index < -0.39 is 17.9 Å².